The van der Waals surface area contributed by atoms with Crippen LogP contribution in [0.25, 0.3) is 11.3 Å². The zero-order chi connectivity index (χ0) is 11.0. The fourth-order valence-corrected chi connectivity index (χ4v) is 1.24. The Morgan fingerprint density at radius 3 is 2.27 bits per heavy atom. The molecule has 0 aliphatic carbocycles. The van der Waals surface area contributed by atoms with E-state index in [1.165, 1.54) is 6.07 Å². The Hall–Kier alpha value is -1.62. The number of aromatic nitrogens is 1. The zero-order valence-corrected chi connectivity index (χ0v) is 8.05. The predicted molar refractivity (Wildman–Crippen MR) is 51.3 cm³/mol. The highest BCUT2D eigenvalue weighted by atomic mass is 35.5. The van der Waals surface area contributed by atoms with Crippen LogP contribution in [0.5, 0.6) is 0 Å². The minimum Gasteiger partial charge on any atom is -0.368 e. The van der Waals surface area contributed by atoms with Crippen molar-refractivity contribution >= 4 is 17.5 Å². The Bertz CT molecular complexity index is 490. The quantitative estimate of drug-likeness (QED) is 0.767. The first-order valence-electron chi connectivity index (χ1n) is 3.95. The molecule has 1 aromatic heterocycles. The summed E-state index contributed by atoms with van der Waals surface area (Å²) in [5, 5.41) is 2.98. The van der Waals surface area contributed by atoms with Crippen LogP contribution in [0.3, 0.4) is 0 Å². The molecule has 1 aromatic carbocycles. The summed E-state index contributed by atoms with van der Waals surface area (Å²) in [4.78, 5) is 0. The lowest BCUT2D eigenvalue weighted by Gasteiger charge is -1.99. The molecule has 1 heterocycles. The molecule has 0 saturated carbocycles. The summed E-state index contributed by atoms with van der Waals surface area (Å²) < 4.78 is 30.7. The van der Waals surface area contributed by atoms with Crippen LogP contribution in [0, 0.1) is 11.6 Å². The summed E-state index contributed by atoms with van der Waals surface area (Å²) in [6.07, 6.45) is 0. The van der Waals surface area contributed by atoms with Gasteiger partial charge in [-0.1, -0.05) is 16.8 Å². The third-order valence-corrected chi connectivity index (χ3v) is 2.17. The van der Waals surface area contributed by atoms with E-state index < -0.39 is 16.7 Å². The minimum atomic E-state index is -0.853. The van der Waals surface area contributed by atoms with Crippen LogP contribution < -0.4 is 5.73 Å². The largest absolute Gasteiger partial charge is 0.368 e. The molecule has 2 aromatic rings. The molecular formula is C9H5ClF2N2O. The van der Waals surface area contributed by atoms with Gasteiger partial charge >= 0.3 is 0 Å². The van der Waals surface area contributed by atoms with Gasteiger partial charge in [0.1, 0.15) is 22.4 Å². The topological polar surface area (TPSA) is 52.0 Å². The molecule has 0 saturated heterocycles. The van der Waals surface area contributed by atoms with Crippen LogP contribution >= 0.6 is 11.6 Å². The zero-order valence-electron chi connectivity index (χ0n) is 7.30. The summed E-state index contributed by atoms with van der Waals surface area (Å²) in [5.41, 5.74) is 5.75. The van der Waals surface area contributed by atoms with Crippen molar-refractivity contribution in [3.05, 3.63) is 34.9 Å². The molecular weight excluding hydrogens is 226 g/mol. The molecule has 6 heteroatoms. The van der Waals surface area contributed by atoms with Crippen molar-refractivity contribution < 1.29 is 13.3 Å². The van der Waals surface area contributed by atoms with Gasteiger partial charge in [0, 0.05) is 11.6 Å². The highest BCUT2D eigenvalue weighted by molar-refractivity contribution is 6.30. The first kappa shape index (κ1) is 9.92. The summed E-state index contributed by atoms with van der Waals surface area (Å²) in [6, 6.07) is 3.48. The van der Waals surface area contributed by atoms with E-state index in [2.05, 4.69) is 9.68 Å². The van der Waals surface area contributed by atoms with Crippen molar-refractivity contribution in [2.24, 2.45) is 0 Å². The highest BCUT2D eigenvalue weighted by Gasteiger charge is 2.12. The van der Waals surface area contributed by atoms with Gasteiger partial charge in [-0.05, 0) is 12.1 Å². The van der Waals surface area contributed by atoms with Gasteiger partial charge < -0.3 is 10.3 Å². The van der Waals surface area contributed by atoms with E-state index in [1.54, 1.807) is 0 Å². The minimum absolute atomic E-state index is 0.0702. The average Bonchev–Trinajstić information content (AvgIpc) is 2.60. The SMILES string of the molecule is Nc1cc(-c2cc(F)c(Cl)c(F)c2)no1. The molecule has 2 rings (SSSR count). The number of halogens is 3. The van der Waals surface area contributed by atoms with E-state index in [4.69, 9.17) is 17.3 Å². The number of nitrogens with zero attached hydrogens (tertiary/aromatic N) is 1. The third-order valence-electron chi connectivity index (χ3n) is 1.81. The number of nitrogen functional groups attached to an aromatic ring is 1. The number of rotatable bonds is 1. The first-order valence-corrected chi connectivity index (χ1v) is 4.33. The van der Waals surface area contributed by atoms with Crippen LogP contribution in [0.2, 0.25) is 5.02 Å². The van der Waals surface area contributed by atoms with Crippen molar-refractivity contribution in [3.8, 4) is 11.3 Å². The number of hydrogen-bond acceptors (Lipinski definition) is 3. The van der Waals surface area contributed by atoms with Gasteiger partial charge in [-0.25, -0.2) is 8.78 Å². The molecule has 0 aliphatic rings. The number of benzene rings is 1. The van der Waals surface area contributed by atoms with Gasteiger partial charge in [0.05, 0.1) is 0 Å². The van der Waals surface area contributed by atoms with Crippen LogP contribution in [-0.2, 0) is 0 Å². The van der Waals surface area contributed by atoms with E-state index >= 15 is 0 Å². The molecule has 3 nitrogen and oxygen atoms in total. The highest BCUT2D eigenvalue weighted by Crippen LogP contribution is 2.27. The smallest absolute Gasteiger partial charge is 0.222 e. The summed E-state index contributed by atoms with van der Waals surface area (Å²) in [6.45, 7) is 0. The maximum atomic E-state index is 13.1. The van der Waals surface area contributed by atoms with Gasteiger partial charge in [-0.15, -0.1) is 0 Å². The van der Waals surface area contributed by atoms with Gasteiger partial charge in [0.2, 0.25) is 5.88 Å². The molecule has 2 N–H and O–H groups in total. The maximum Gasteiger partial charge on any atom is 0.222 e. The second-order valence-corrected chi connectivity index (χ2v) is 3.25. The molecule has 0 amide bonds. The number of anilines is 1. The molecule has 0 radical (unpaired) electrons. The fourth-order valence-electron chi connectivity index (χ4n) is 1.13. The Labute approximate surface area is 88.4 Å². The summed E-state index contributed by atoms with van der Waals surface area (Å²) >= 11 is 5.32. The Kier molecular flexibility index (Phi) is 2.32. The average molecular weight is 231 g/mol. The third kappa shape index (κ3) is 1.78. The van der Waals surface area contributed by atoms with E-state index in [-0.39, 0.29) is 17.1 Å². The van der Waals surface area contributed by atoms with Crippen LogP contribution in [0.15, 0.2) is 22.7 Å². The molecule has 0 fully saturated rings. The molecule has 78 valence electrons. The number of hydrogen-bond donors (Lipinski definition) is 1. The maximum absolute atomic E-state index is 13.1. The lowest BCUT2D eigenvalue weighted by molar-refractivity contribution is 0.439. The van der Waals surface area contributed by atoms with E-state index in [9.17, 15) is 8.78 Å². The monoisotopic (exact) mass is 230 g/mol. The van der Waals surface area contributed by atoms with Crippen LogP contribution in [-0.4, -0.2) is 5.16 Å². The predicted octanol–water partition coefficient (Wildman–Crippen LogP) is 2.86. The van der Waals surface area contributed by atoms with Crippen LogP contribution in [0.1, 0.15) is 0 Å². The molecule has 0 aliphatic heterocycles. The van der Waals surface area contributed by atoms with Crippen molar-refractivity contribution in [2.75, 3.05) is 5.73 Å². The van der Waals surface area contributed by atoms with Gasteiger partial charge in [-0.2, -0.15) is 0 Å². The second kappa shape index (κ2) is 3.51. The molecule has 0 bridgehead atoms. The van der Waals surface area contributed by atoms with E-state index in [0.29, 0.717) is 0 Å². The van der Waals surface area contributed by atoms with Crippen molar-refractivity contribution in [2.45, 2.75) is 0 Å². The van der Waals surface area contributed by atoms with E-state index in [1.807, 2.05) is 0 Å². The van der Waals surface area contributed by atoms with E-state index in [0.717, 1.165) is 12.1 Å². The van der Waals surface area contributed by atoms with Crippen LogP contribution in [0.4, 0.5) is 14.7 Å². The Balaban J connectivity index is 2.55. The van der Waals surface area contributed by atoms with Gasteiger partial charge in [-0.3, -0.25) is 0 Å². The molecule has 0 atom stereocenters. The summed E-state index contributed by atoms with van der Waals surface area (Å²) in [7, 11) is 0. The standard InChI is InChI=1S/C9H5ClF2N2O/c10-9-5(11)1-4(2-6(9)12)7-3-8(13)15-14-7/h1-3H,13H2. The normalized spacial score (nSPS) is 10.6. The lowest BCUT2D eigenvalue weighted by Crippen LogP contribution is -1.87. The fraction of sp³-hybridized carbons (Fsp3) is 0. The molecule has 0 spiro atoms. The first-order chi connectivity index (χ1) is 7.08. The van der Waals surface area contributed by atoms with Crippen molar-refractivity contribution in [3.63, 3.8) is 0 Å². The van der Waals surface area contributed by atoms with Crippen molar-refractivity contribution in [1.29, 1.82) is 0 Å². The van der Waals surface area contributed by atoms with Gasteiger partial charge in [0.15, 0.2) is 0 Å². The Morgan fingerprint density at radius 1 is 1.20 bits per heavy atom. The Morgan fingerprint density at radius 2 is 1.80 bits per heavy atom. The lowest BCUT2D eigenvalue weighted by atomic mass is 10.1. The number of nitrogens with two attached hydrogens (primary N) is 1. The molecule has 15 heavy (non-hydrogen) atoms. The molecule has 0 unspecified atom stereocenters. The van der Waals surface area contributed by atoms with Gasteiger partial charge in [0.25, 0.3) is 0 Å². The summed E-state index contributed by atoms with van der Waals surface area (Å²) in [5.74, 6) is -1.64. The second-order valence-electron chi connectivity index (χ2n) is 2.87. The van der Waals surface area contributed by atoms with Crippen molar-refractivity contribution in [1.82, 2.24) is 5.16 Å².